The van der Waals surface area contributed by atoms with Gasteiger partial charge < -0.3 is 13.7 Å². The van der Waals surface area contributed by atoms with Gasteiger partial charge in [-0.15, -0.1) is 0 Å². The van der Waals surface area contributed by atoms with Gasteiger partial charge in [-0.25, -0.2) is 0 Å². The molecule has 0 bridgehead atoms. The number of rotatable bonds is 5. The van der Waals surface area contributed by atoms with Gasteiger partial charge in [0.2, 0.25) is 0 Å². The van der Waals surface area contributed by atoms with Gasteiger partial charge >= 0.3 is 14.0 Å². The Morgan fingerprint density at radius 2 is 1.25 bits per heavy atom. The van der Waals surface area contributed by atoms with Crippen LogP contribution in [-0.2, 0) is 0 Å². The van der Waals surface area contributed by atoms with Crippen molar-refractivity contribution >= 4 is 35.2 Å². The van der Waals surface area contributed by atoms with Gasteiger partial charge in [-0.2, -0.15) is 0 Å². The molecule has 0 saturated carbocycles. The van der Waals surface area contributed by atoms with E-state index in [0.717, 1.165) is 6.54 Å². The van der Waals surface area contributed by atoms with Crippen molar-refractivity contribution in [3.05, 3.63) is 60.7 Å². The van der Waals surface area contributed by atoms with E-state index in [1.54, 1.807) is 0 Å². The molecule has 1 radical (unpaired) electrons. The number of hydrogen-bond donors (Lipinski definition) is 0. The number of anilines is 2. The van der Waals surface area contributed by atoms with Gasteiger partial charge in [0.25, 0.3) is 9.84 Å². The van der Waals surface area contributed by atoms with E-state index in [1.807, 2.05) is 0 Å². The quantitative estimate of drug-likeness (QED) is 0.774. The third kappa shape index (κ3) is 3.55. The molecule has 1 heterocycles. The van der Waals surface area contributed by atoms with Crippen LogP contribution in [0.2, 0.25) is 13.6 Å². The molecule has 2 aromatic rings. The first-order valence-electron chi connectivity index (χ1n) is 9.00. The van der Waals surface area contributed by atoms with E-state index in [1.165, 1.54) is 24.2 Å². The number of unbranched alkanes of at least 4 members (excludes halogenated alkanes) is 1. The fourth-order valence-corrected chi connectivity index (χ4v) is 5.05. The minimum absolute atomic E-state index is 0.0152. The van der Waals surface area contributed by atoms with E-state index in [9.17, 15) is 0 Å². The Kier molecular flexibility index (Phi) is 5.69. The predicted octanol–water partition coefficient (Wildman–Crippen LogP) is 3.62. The number of nitrogens with zero attached hydrogens (tertiary/aromatic N) is 3. The molecule has 1 aliphatic heterocycles. The third-order valence-corrected chi connectivity index (χ3v) is 6.85. The molecule has 0 spiro atoms. The minimum Gasteiger partial charge on any atom is -0.416 e. The molecule has 2 aromatic carbocycles. The molecule has 3 rings (SSSR count). The maximum atomic E-state index is 2.64. The molecule has 0 aromatic heterocycles. The van der Waals surface area contributed by atoms with Gasteiger partial charge in [0.1, 0.15) is 0 Å². The first-order valence-corrected chi connectivity index (χ1v) is 10.0. The van der Waals surface area contributed by atoms with Gasteiger partial charge in [-0.05, 0) is 37.2 Å². The SMILES string of the molecule is CCCCN1B(C)N(c2ccccc2)[SiH]N(c2ccccc2)B1C. The molecule has 3 nitrogen and oxygen atoms in total. The number of benzene rings is 2. The van der Waals surface area contributed by atoms with Crippen molar-refractivity contribution in [3.8, 4) is 0 Å². The summed E-state index contributed by atoms with van der Waals surface area (Å²) >= 11 is 0. The maximum Gasteiger partial charge on any atom is 0.322 e. The topological polar surface area (TPSA) is 9.72 Å². The second-order valence-corrected chi connectivity index (χ2v) is 7.80. The Labute approximate surface area is 149 Å². The van der Waals surface area contributed by atoms with Crippen LogP contribution >= 0.6 is 0 Å². The van der Waals surface area contributed by atoms with Crippen LogP contribution in [0.15, 0.2) is 60.7 Å². The van der Waals surface area contributed by atoms with Crippen molar-refractivity contribution in [1.29, 1.82) is 0 Å². The highest BCUT2D eigenvalue weighted by Gasteiger charge is 2.41. The molecule has 1 saturated heterocycles. The van der Waals surface area contributed by atoms with Crippen molar-refractivity contribution in [1.82, 2.24) is 4.72 Å². The van der Waals surface area contributed by atoms with E-state index < -0.39 is 0 Å². The zero-order chi connectivity index (χ0) is 16.9. The largest absolute Gasteiger partial charge is 0.416 e. The number of hydrogen-bond acceptors (Lipinski definition) is 3. The molecule has 0 aliphatic carbocycles. The summed E-state index contributed by atoms with van der Waals surface area (Å²) in [6, 6.07) is 21.7. The lowest BCUT2D eigenvalue weighted by atomic mass is 9.61. The van der Waals surface area contributed by atoms with Crippen LogP contribution in [0.4, 0.5) is 11.4 Å². The van der Waals surface area contributed by atoms with Crippen LogP contribution in [-0.4, -0.2) is 35.1 Å². The predicted molar refractivity (Wildman–Crippen MR) is 110 cm³/mol. The summed E-state index contributed by atoms with van der Waals surface area (Å²) in [6.45, 7) is 9.00. The first kappa shape index (κ1) is 17.2. The lowest BCUT2D eigenvalue weighted by molar-refractivity contribution is 0.590. The Hall–Kier alpha value is -1.65. The van der Waals surface area contributed by atoms with E-state index in [0.29, 0.717) is 14.0 Å². The highest BCUT2D eigenvalue weighted by atomic mass is 28.2. The molecular weight excluding hydrogens is 308 g/mol. The standard InChI is InChI=1S/C18H26B2N3Si/c1-4-5-16-21-19(2)22(17-12-8-6-9-13-17)24-23(20(21)3)18-14-10-7-11-15-18/h6-15,24H,4-5,16H2,1-3H3. The summed E-state index contributed by atoms with van der Waals surface area (Å²) in [5, 5.41) is 0. The Bertz CT molecular complexity index is 577. The van der Waals surface area contributed by atoms with Crippen LogP contribution in [0, 0.1) is 0 Å². The summed E-state index contributed by atoms with van der Waals surface area (Å²) in [5.41, 5.74) is 2.66. The molecule has 123 valence electrons. The summed E-state index contributed by atoms with van der Waals surface area (Å²) < 4.78 is 7.81. The molecule has 0 N–H and O–H groups in total. The molecule has 0 unspecified atom stereocenters. The van der Waals surface area contributed by atoms with Crippen LogP contribution < -0.4 is 8.95 Å². The fourth-order valence-electron chi connectivity index (χ4n) is 3.44. The lowest BCUT2D eigenvalue weighted by Crippen LogP contribution is -2.72. The van der Waals surface area contributed by atoms with E-state index in [2.05, 4.69) is 94.9 Å². The van der Waals surface area contributed by atoms with Crippen molar-refractivity contribution in [2.45, 2.75) is 33.4 Å². The summed E-state index contributed by atoms with van der Waals surface area (Å²) in [7, 11) is 0.0152. The monoisotopic (exact) mass is 334 g/mol. The first-order chi connectivity index (χ1) is 11.7. The summed E-state index contributed by atoms with van der Waals surface area (Å²) in [4.78, 5) is 0. The smallest absolute Gasteiger partial charge is 0.322 e. The molecule has 0 atom stereocenters. The Morgan fingerprint density at radius 3 is 1.67 bits per heavy atom. The van der Waals surface area contributed by atoms with Gasteiger partial charge in [-0.1, -0.05) is 63.4 Å². The van der Waals surface area contributed by atoms with Crippen molar-refractivity contribution in [2.24, 2.45) is 0 Å². The number of para-hydroxylation sites is 2. The molecular formula is C18H26B2N3Si. The molecule has 1 fully saturated rings. The van der Waals surface area contributed by atoms with Gasteiger partial charge in [0, 0.05) is 11.4 Å². The second-order valence-electron chi connectivity index (χ2n) is 6.46. The molecule has 0 amide bonds. The lowest BCUT2D eigenvalue weighted by Gasteiger charge is -2.50. The zero-order valence-electron chi connectivity index (χ0n) is 15.0. The van der Waals surface area contributed by atoms with E-state index in [4.69, 9.17) is 0 Å². The van der Waals surface area contributed by atoms with Crippen molar-refractivity contribution < 1.29 is 0 Å². The van der Waals surface area contributed by atoms with Gasteiger partial charge in [0.15, 0.2) is 0 Å². The average molecular weight is 334 g/mol. The average Bonchev–Trinajstić information content (AvgIpc) is 2.63. The summed E-state index contributed by atoms with van der Waals surface area (Å²) in [5.74, 6) is 0. The minimum atomic E-state index is 0.0152. The van der Waals surface area contributed by atoms with Gasteiger partial charge in [0.05, 0.1) is 0 Å². The van der Waals surface area contributed by atoms with Crippen LogP contribution in [0.3, 0.4) is 0 Å². The van der Waals surface area contributed by atoms with Gasteiger partial charge in [-0.3, -0.25) is 0 Å². The highest BCUT2D eigenvalue weighted by molar-refractivity contribution is 6.92. The Balaban J connectivity index is 1.92. The fraction of sp³-hybridized carbons (Fsp3) is 0.333. The van der Waals surface area contributed by atoms with Crippen molar-refractivity contribution in [2.75, 3.05) is 15.5 Å². The van der Waals surface area contributed by atoms with Crippen LogP contribution in [0.25, 0.3) is 0 Å². The second kappa shape index (κ2) is 7.95. The Morgan fingerprint density at radius 1 is 0.792 bits per heavy atom. The van der Waals surface area contributed by atoms with E-state index >= 15 is 0 Å². The molecule has 6 heteroatoms. The third-order valence-electron chi connectivity index (χ3n) is 4.89. The zero-order valence-corrected chi connectivity index (χ0v) is 16.1. The van der Waals surface area contributed by atoms with Crippen molar-refractivity contribution in [3.63, 3.8) is 0 Å². The maximum absolute atomic E-state index is 2.64. The normalized spacial score (nSPS) is 16.0. The molecule has 1 aliphatic rings. The van der Waals surface area contributed by atoms with Crippen LogP contribution in [0.5, 0.6) is 0 Å². The van der Waals surface area contributed by atoms with E-state index in [-0.39, 0.29) is 9.84 Å². The highest BCUT2D eigenvalue weighted by Crippen LogP contribution is 2.26. The van der Waals surface area contributed by atoms with Crippen LogP contribution in [0.1, 0.15) is 19.8 Å². The summed E-state index contributed by atoms with van der Waals surface area (Å²) in [6.07, 6.45) is 2.48. The molecule has 24 heavy (non-hydrogen) atoms.